The number of nitriles is 2. The zero-order valence-electron chi connectivity index (χ0n) is 10.7. The number of carbonyl (C=O) groups is 2. The number of ether oxygens (including phenoxy) is 1. The van der Waals surface area contributed by atoms with Crippen molar-refractivity contribution in [2.75, 3.05) is 19.7 Å². The molecule has 0 aliphatic carbocycles. The van der Waals surface area contributed by atoms with E-state index in [9.17, 15) is 9.59 Å². The maximum absolute atomic E-state index is 11.8. The SMILES string of the molecule is N#CCCN(CCC#N)C(=O)COC(=O)c1ccco1. The number of nitrogens with zero attached hydrogens (tertiary/aromatic N) is 3. The average Bonchev–Trinajstić information content (AvgIpc) is 2.99. The summed E-state index contributed by atoms with van der Waals surface area (Å²) < 4.78 is 9.63. The van der Waals surface area contributed by atoms with Crippen LogP contribution in [0.5, 0.6) is 0 Å². The van der Waals surface area contributed by atoms with Crippen LogP contribution in [-0.4, -0.2) is 36.5 Å². The highest BCUT2D eigenvalue weighted by Gasteiger charge is 2.17. The van der Waals surface area contributed by atoms with Crippen LogP contribution in [0, 0.1) is 22.7 Å². The minimum absolute atomic E-state index is 0.0124. The lowest BCUT2D eigenvalue weighted by atomic mass is 10.3. The molecule has 0 spiro atoms. The molecule has 0 saturated carbocycles. The molecule has 0 unspecified atom stereocenters. The van der Waals surface area contributed by atoms with Gasteiger partial charge in [0.25, 0.3) is 5.91 Å². The van der Waals surface area contributed by atoms with Gasteiger partial charge in [-0.3, -0.25) is 4.79 Å². The first kappa shape index (κ1) is 15.3. The summed E-state index contributed by atoms with van der Waals surface area (Å²) in [6, 6.07) is 6.79. The van der Waals surface area contributed by atoms with E-state index in [-0.39, 0.29) is 31.7 Å². The summed E-state index contributed by atoms with van der Waals surface area (Å²) in [7, 11) is 0. The molecule has 1 aromatic rings. The third kappa shape index (κ3) is 4.83. The maximum Gasteiger partial charge on any atom is 0.374 e. The molecule has 0 atom stereocenters. The van der Waals surface area contributed by atoms with Gasteiger partial charge in [-0.25, -0.2) is 4.79 Å². The van der Waals surface area contributed by atoms with Gasteiger partial charge in [0.1, 0.15) is 0 Å². The van der Waals surface area contributed by atoms with E-state index in [1.807, 2.05) is 12.1 Å². The summed E-state index contributed by atoms with van der Waals surface area (Å²) in [6.07, 6.45) is 1.64. The Morgan fingerprint density at radius 1 is 1.25 bits per heavy atom. The van der Waals surface area contributed by atoms with Gasteiger partial charge >= 0.3 is 5.97 Å². The van der Waals surface area contributed by atoms with Crippen molar-refractivity contribution in [1.82, 2.24) is 4.90 Å². The van der Waals surface area contributed by atoms with E-state index in [1.165, 1.54) is 23.3 Å². The van der Waals surface area contributed by atoms with E-state index < -0.39 is 18.5 Å². The van der Waals surface area contributed by atoms with Gasteiger partial charge in [-0.1, -0.05) is 0 Å². The number of carbonyl (C=O) groups excluding carboxylic acids is 2. The van der Waals surface area contributed by atoms with Crippen molar-refractivity contribution < 1.29 is 18.7 Å². The predicted octanol–water partition coefficient (Wildman–Crippen LogP) is 1.09. The monoisotopic (exact) mass is 275 g/mol. The second-order valence-electron chi connectivity index (χ2n) is 3.75. The molecule has 7 nitrogen and oxygen atoms in total. The Hall–Kier alpha value is -2.80. The maximum atomic E-state index is 11.8. The fraction of sp³-hybridized carbons (Fsp3) is 0.385. The van der Waals surface area contributed by atoms with Crippen LogP contribution in [0.4, 0.5) is 0 Å². The molecule has 0 aliphatic heterocycles. The van der Waals surface area contributed by atoms with Crippen molar-refractivity contribution in [2.45, 2.75) is 12.8 Å². The molecule has 1 aromatic heterocycles. The lowest BCUT2D eigenvalue weighted by Crippen LogP contribution is -2.36. The lowest BCUT2D eigenvalue weighted by molar-refractivity contribution is -0.134. The molecule has 0 radical (unpaired) electrons. The van der Waals surface area contributed by atoms with Gasteiger partial charge in [-0.05, 0) is 12.1 Å². The van der Waals surface area contributed by atoms with Crippen LogP contribution in [-0.2, 0) is 9.53 Å². The van der Waals surface area contributed by atoms with E-state index in [4.69, 9.17) is 19.7 Å². The summed E-state index contributed by atoms with van der Waals surface area (Å²) in [5.74, 6) is -1.17. The average molecular weight is 275 g/mol. The van der Waals surface area contributed by atoms with E-state index >= 15 is 0 Å². The fourth-order valence-corrected chi connectivity index (χ4v) is 1.42. The van der Waals surface area contributed by atoms with E-state index in [0.29, 0.717) is 0 Å². The van der Waals surface area contributed by atoms with Gasteiger partial charge in [-0.15, -0.1) is 0 Å². The van der Waals surface area contributed by atoms with E-state index in [0.717, 1.165) is 0 Å². The van der Waals surface area contributed by atoms with E-state index in [1.54, 1.807) is 0 Å². The predicted molar refractivity (Wildman–Crippen MR) is 66.0 cm³/mol. The molecular formula is C13H13N3O4. The summed E-state index contributed by atoms with van der Waals surface area (Å²) in [5.41, 5.74) is 0. The molecule has 104 valence electrons. The van der Waals surface area contributed by atoms with Crippen LogP contribution in [0.25, 0.3) is 0 Å². The van der Waals surface area contributed by atoms with Crippen LogP contribution in [0.15, 0.2) is 22.8 Å². The van der Waals surface area contributed by atoms with E-state index in [2.05, 4.69) is 0 Å². The number of amides is 1. The molecule has 0 aliphatic rings. The van der Waals surface area contributed by atoms with Crippen molar-refractivity contribution in [1.29, 1.82) is 10.5 Å². The highest BCUT2D eigenvalue weighted by Crippen LogP contribution is 2.03. The van der Waals surface area contributed by atoms with Crippen LogP contribution in [0.3, 0.4) is 0 Å². The molecule has 1 heterocycles. The standard InChI is InChI=1S/C13H13N3O4/c14-5-2-7-16(8-3-6-15)12(17)10-20-13(18)11-4-1-9-19-11/h1,4,9H,2-3,7-8,10H2. The highest BCUT2D eigenvalue weighted by molar-refractivity contribution is 5.88. The number of hydrogen-bond donors (Lipinski definition) is 0. The number of rotatable bonds is 7. The molecule has 20 heavy (non-hydrogen) atoms. The first-order chi connectivity index (χ1) is 9.69. The van der Waals surface area contributed by atoms with Crippen molar-refractivity contribution in [3.63, 3.8) is 0 Å². The third-order valence-electron chi connectivity index (χ3n) is 2.39. The van der Waals surface area contributed by atoms with Crippen LogP contribution < -0.4 is 0 Å². The lowest BCUT2D eigenvalue weighted by Gasteiger charge is -2.19. The molecule has 0 fully saturated rings. The molecule has 0 bridgehead atoms. The Balaban J connectivity index is 2.47. The van der Waals surface area contributed by atoms with Crippen molar-refractivity contribution >= 4 is 11.9 Å². The van der Waals surface area contributed by atoms with Gasteiger partial charge in [0, 0.05) is 13.1 Å². The smallest absolute Gasteiger partial charge is 0.374 e. The fourth-order valence-electron chi connectivity index (χ4n) is 1.42. The first-order valence-corrected chi connectivity index (χ1v) is 5.91. The van der Waals surface area contributed by atoms with Crippen molar-refractivity contribution in [3.05, 3.63) is 24.2 Å². The second-order valence-corrected chi connectivity index (χ2v) is 3.75. The minimum Gasteiger partial charge on any atom is -0.457 e. The Bertz CT molecular complexity index is 507. The zero-order valence-corrected chi connectivity index (χ0v) is 10.7. The topological polar surface area (TPSA) is 107 Å². The molecule has 0 aromatic carbocycles. The van der Waals surface area contributed by atoms with Crippen LogP contribution >= 0.6 is 0 Å². The third-order valence-corrected chi connectivity index (χ3v) is 2.39. The number of furan rings is 1. The number of hydrogen-bond acceptors (Lipinski definition) is 6. The van der Waals surface area contributed by atoms with Gasteiger partial charge in [-0.2, -0.15) is 10.5 Å². The van der Waals surface area contributed by atoms with Gasteiger partial charge in [0.2, 0.25) is 5.76 Å². The van der Waals surface area contributed by atoms with Gasteiger partial charge < -0.3 is 14.1 Å². The van der Waals surface area contributed by atoms with Crippen LogP contribution in [0.1, 0.15) is 23.4 Å². The molecule has 0 saturated heterocycles. The van der Waals surface area contributed by atoms with Crippen LogP contribution in [0.2, 0.25) is 0 Å². The quantitative estimate of drug-likeness (QED) is 0.689. The zero-order chi connectivity index (χ0) is 14.8. The molecule has 7 heteroatoms. The second kappa shape index (κ2) is 8.33. The Morgan fingerprint density at radius 2 is 1.90 bits per heavy atom. The largest absolute Gasteiger partial charge is 0.457 e. The van der Waals surface area contributed by atoms with Gasteiger partial charge in [0.05, 0.1) is 31.2 Å². The van der Waals surface area contributed by atoms with Crippen molar-refractivity contribution in [2.24, 2.45) is 0 Å². The van der Waals surface area contributed by atoms with Crippen molar-refractivity contribution in [3.8, 4) is 12.1 Å². The molecule has 0 N–H and O–H groups in total. The minimum atomic E-state index is -0.733. The summed E-state index contributed by atoms with van der Waals surface area (Å²) in [6.45, 7) is -0.0407. The first-order valence-electron chi connectivity index (χ1n) is 5.91. The highest BCUT2D eigenvalue weighted by atomic mass is 16.5. The summed E-state index contributed by atoms with van der Waals surface area (Å²) in [4.78, 5) is 24.6. The molecular weight excluding hydrogens is 262 g/mol. The Morgan fingerprint density at radius 3 is 2.40 bits per heavy atom. The van der Waals surface area contributed by atoms with Gasteiger partial charge in [0.15, 0.2) is 6.61 Å². The Kier molecular flexibility index (Phi) is 6.35. The number of esters is 1. The normalized spacial score (nSPS) is 9.30. The molecule has 1 rings (SSSR count). The summed E-state index contributed by atoms with van der Waals surface area (Å²) in [5, 5.41) is 17.0. The Labute approximate surface area is 115 Å². The summed E-state index contributed by atoms with van der Waals surface area (Å²) >= 11 is 0. The molecule has 1 amide bonds.